The molecule has 1 fully saturated rings. The molecular formula is C13H25N3O2. The average Bonchev–Trinajstić information content (AvgIpc) is 2.36. The van der Waals surface area contributed by atoms with Crippen molar-refractivity contribution < 1.29 is 9.59 Å². The molecule has 1 saturated heterocycles. The number of hydrogen-bond acceptors (Lipinski definition) is 2. The molecule has 1 aliphatic rings. The molecule has 104 valence electrons. The minimum Gasteiger partial charge on any atom is -0.354 e. The Morgan fingerprint density at radius 1 is 1.22 bits per heavy atom. The molecule has 1 heterocycles. The third kappa shape index (κ3) is 4.94. The normalized spacial score (nSPS) is 15.7. The highest BCUT2D eigenvalue weighted by Gasteiger charge is 2.21. The number of carbonyl (C=O) groups is 2. The number of urea groups is 1. The Bertz CT molecular complexity index is 286. The topological polar surface area (TPSA) is 52.7 Å². The van der Waals surface area contributed by atoms with Gasteiger partial charge in [-0.05, 0) is 25.2 Å². The zero-order valence-electron chi connectivity index (χ0n) is 11.7. The molecule has 0 aromatic carbocycles. The van der Waals surface area contributed by atoms with E-state index in [1.165, 1.54) is 11.3 Å². The van der Waals surface area contributed by atoms with E-state index in [0.717, 1.165) is 25.9 Å². The summed E-state index contributed by atoms with van der Waals surface area (Å²) in [5.41, 5.74) is 0. The van der Waals surface area contributed by atoms with E-state index in [1.54, 1.807) is 7.05 Å². The van der Waals surface area contributed by atoms with Crippen molar-refractivity contribution in [3.63, 3.8) is 0 Å². The van der Waals surface area contributed by atoms with Crippen molar-refractivity contribution in [2.24, 2.45) is 5.92 Å². The molecule has 0 aliphatic carbocycles. The Hall–Kier alpha value is -1.26. The zero-order chi connectivity index (χ0) is 13.5. The van der Waals surface area contributed by atoms with Crippen LogP contribution in [0.4, 0.5) is 4.79 Å². The molecule has 1 aliphatic heterocycles. The maximum absolute atomic E-state index is 12.0. The second kappa shape index (κ2) is 7.24. The van der Waals surface area contributed by atoms with Gasteiger partial charge in [0.15, 0.2) is 0 Å². The summed E-state index contributed by atoms with van der Waals surface area (Å²) in [5.74, 6) is 0.341. The second-order valence-corrected chi connectivity index (χ2v) is 5.38. The molecule has 0 aromatic heterocycles. The summed E-state index contributed by atoms with van der Waals surface area (Å²) in [4.78, 5) is 27.0. The average molecular weight is 255 g/mol. The number of rotatable bonds is 4. The second-order valence-electron chi connectivity index (χ2n) is 5.38. The lowest BCUT2D eigenvalue weighted by Crippen LogP contribution is -2.47. The van der Waals surface area contributed by atoms with Crippen LogP contribution in [0.2, 0.25) is 0 Å². The first-order valence-electron chi connectivity index (χ1n) is 6.77. The highest BCUT2D eigenvalue weighted by Crippen LogP contribution is 2.10. The maximum Gasteiger partial charge on any atom is 0.320 e. The van der Waals surface area contributed by atoms with Crippen molar-refractivity contribution in [3.05, 3.63) is 0 Å². The quantitative estimate of drug-likeness (QED) is 0.823. The molecule has 3 amide bonds. The number of nitrogens with zero attached hydrogens (tertiary/aromatic N) is 2. The number of nitrogens with one attached hydrogen (secondary N) is 1. The predicted molar refractivity (Wildman–Crippen MR) is 71.3 cm³/mol. The number of piperidine rings is 1. The predicted octanol–water partition coefficient (Wildman–Crippen LogP) is 1.30. The van der Waals surface area contributed by atoms with Gasteiger partial charge in [0.05, 0.1) is 0 Å². The van der Waals surface area contributed by atoms with Gasteiger partial charge >= 0.3 is 6.03 Å². The van der Waals surface area contributed by atoms with Gasteiger partial charge in [-0.2, -0.15) is 0 Å². The molecule has 5 heteroatoms. The van der Waals surface area contributed by atoms with Gasteiger partial charge in [0.1, 0.15) is 6.54 Å². The van der Waals surface area contributed by atoms with Crippen molar-refractivity contribution in [1.82, 2.24) is 15.1 Å². The minimum atomic E-state index is -0.0865. The molecule has 0 atom stereocenters. The van der Waals surface area contributed by atoms with Crippen molar-refractivity contribution >= 4 is 11.9 Å². The summed E-state index contributed by atoms with van der Waals surface area (Å²) in [7, 11) is 1.69. The third-order valence-corrected chi connectivity index (χ3v) is 3.04. The molecule has 0 saturated carbocycles. The first-order chi connectivity index (χ1) is 8.50. The van der Waals surface area contributed by atoms with Gasteiger partial charge in [0.25, 0.3) is 0 Å². The van der Waals surface area contributed by atoms with Crippen LogP contribution in [0.15, 0.2) is 0 Å². The summed E-state index contributed by atoms with van der Waals surface area (Å²) in [6.07, 6.45) is 3.33. The SMILES string of the molecule is CC(C)CNC(=O)CN(C)C(=O)N1CCCCC1. The summed E-state index contributed by atoms with van der Waals surface area (Å²) in [6, 6.07) is -0.0330. The van der Waals surface area contributed by atoms with E-state index in [2.05, 4.69) is 5.32 Å². The Morgan fingerprint density at radius 2 is 1.83 bits per heavy atom. The summed E-state index contributed by atoms with van der Waals surface area (Å²) < 4.78 is 0. The van der Waals surface area contributed by atoms with Crippen molar-refractivity contribution in [2.45, 2.75) is 33.1 Å². The summed E-state index contributed by atoms with van der Waals surface area (Å²) in [5, 5.41) is 2.82. The maximum atomic E-state index is 12.0. The monoisotopic (exact) mass is 255 g/mol. The number of likely N-dealkylation sites (tertiary alicyclic amines) is 1. The first-order valence-corrected chi connectivity index (χ1v) is 6.77. The molecule has 1 rings (SSSR count). The number of amides is 3. The van der Waals surface area contributed by atoms with Crippen LogP contribution < -0.4 is 5.32 Å². The van der Waals surface area contributed by atoms with Gasteiger partial charge in [0.2, 0.25) is 5.91 Å². The molecule has 0 bridgehead atoms. The van der Waals surface area contributed by atoms with Gasteiger partial charge in [-0.3, -0.25) is 4.79 Å². The highest BCUT2D eigenvalue weighted by molar-refractivity contribution is 5.83. The molecule has 18 heavy (non-hydrogen) atoms. The van der Waals surface area contributed by atoms with Gasteiger partial charge < -0.3 is 15.1 Å². The summed E-state index contributed by atoms with van der Waals surface area (Å²) >= 11 is 0. The van der Waals surface area contributed by atoms with Crippen LogP contribution in [0, 0.1) is 5.92 Å². The number of hydrogen-bond donors (Lipinski definition) is 1. The fourth-order valence-electron chi connectivity index (χ4n) is 1.98. The zero-order valence-corrected chi connectivity index (χ0v) is 11.7. The standard InChI is InChI=1S/C13H25N3O2/c1-11(2)9-14-12(17)10-15(3)13(18)16-7-5-4-6-8-16/h11H,4-10H2,1-3H3,(H,14,17). The lowest BCUT2D eigenvalue weighted by Gasteiger charge is -2.30. The van der Waals surface area contributed by atoms with Crippen LogP contribution in [0.1, 0.15) is 33.1 Å². The van der Waals surface area contributed by atoms with Gasteiger partial charge in [-0.1, -0.05) is 13.8 Å². The molecule has 0 aromatic rings. The first kappa shape index (κ1) is 14.8. The Labute approximate surface area is 110 Å². The number of likely N-dealkylation sites (N-methyl/N-ethyl adjacent to an activating group) is 1. The van der Waals surface area contributed by atoms with Crippen LogP contribution >= 0.6 is 0 Å². The largest absolute Gasteiger partial charge is 0.354 e. The molecule has 1 N–H and O–H groups in total. The smallest absolute Gasteiger partial charge is 0.320 e. The lowest BCUT2D eigenvalue weighted by atomic mass is 10.1. The fourth-order valence-corrected chi connectivity index (χ4v) is 1.98. The van der Waals surface area contributed by atoms with Gasteiger partial charge in [-0.15, -0.1) is 0 Å². The van der Waals surface area contributed by atoms with Crippen LogP contribution in [0.3, 0.4) is 0 Å². The van der Waals surface area contributed by atoms with Crippen molar-refractivity contribution in [1.29, 1.82) is 0 Å². The van der Waals surface area contributed by atoms with Crippen molar-refractivity contribution in [3.8, 4) is 0 Å². The van der Waals surface area contributed by atoms with Crippen LogP contribution in [0.25, 0.3) is 0 Å². The Kier molecular flexibility index (Phi) is 5.95. The van der Waals surface area contributed by atoms with Crippen LogP contribution in [0.5, 0.6) is 0 Å². The van der Waals surface area contributed by atoms with E-state index < -0.39 is 0 Å². The lowest BCUT2D eigenvalue weighted by molar-refractivity contribution is -0.121. The highest BCUT2D eigenvalue weighted by atomic mass is 16.2. The molecule has 5 nitrogen and oxygen atoms in total. The fraction of sp³-hybridized carbons (Fsp3) is 0.846. The van der Waals surface area contributed by atoms with Crippen molar-refractivity contribution in [2.75, 3.05) is 33.2 Å². The Balaban J connectivity index is 2.32. The van der Waals surface area contributed by atoms with E-state index >= 15 is 0 Å². The van der Waals surface area contributed by atoms with Gasteiger partial charge in [-0.25, -0.2) is 4.79 Å². The van der Waals surface area contributed by atoms with E-state index in [4.69, 9.17) is 0 Å². The minimum absolute atomic E-state index is 0.0330. The molecule has 0 radical (unpaired) electrons. The van der Waals surface area contributed by atoms with E-state index in [9.17, 15) is 9.59 Å². The molecule has 0 spiro atoms. The molecular weight excluding hydrogens is 230 g/mol. The van der Waals surface area contributed by atoms with Gasteiger partial charge in [0, 0.05) is 26.7 Å². The Morgan fingerprint density at radius 3 is 2.39 bits per heavy atom. The van der Waals surface area contributed by atoms with E-state index in [1.807, 2.05) is 18.7 Å². The van der Waals surface area contributed by atoms with Crippen LogP contribution in [-0.4, -0.2) is 55.0 Å². The molecule has 0 unspecified atom stereocenters. The summed E-state index contributed by atoms with van der Waals surface area (Å²) in [6.45, 7) is 6.52. The van der Waals surface area contributed by atoms with E-state index in [0.29, 0.717) is 12.5 Å². The third-order valence-electron chi connectivity index (χ3n) is 3.04. The number of carbonyl (C=O) groups excluding carboxylic acids is 2. The van der Waals surface area contributed by atoms with E-state index in [-0.39, 0.29) is 18.5 Å². The van der Waals surface area contributed by atoms with Crippen LogP contribution in [-0.2, 0) is 4.79 Å².